The number of urea groups is 1. The minimum atomic E-state index is -0.228. The average molecular weight is 470 g/mol. The molecule has 2 fully saturated rings. The fourth-order valence-electron chi connectivity index (χ4n) is 4.55. The number of rotatable bonds is 7. The molecule has 3 amide bonds. The SMILES string of the molecule is O=C(Nc1cccc(Cl)c1)NC1CCN(c2ccccc2C(=O)NCCN2CCCC2)CC1. The number of anilines is 2. The van der Waals surface area contributed by atoms with Crippen LogP contribution in [0.1, 0.15) is 36.0 Å². The van der Waals surface area contributed by atoms with Gasteiger partial charge in [-0.2, -0.15) is 0 Å². The Kier molecular flexibility index (Phi) is 8.07. The van der Waals surface area contributed by atoms with Gasteiger partial charge in [0, 0.05) is 48.6 Å². The summed E-state index contributed by atoms with van der Waals surface area (Å²) in [6, 6.07) is 14.7. The number of hydrogen-bond acceptors (Lipinski definition) is 4. The molecule has 33 heavy (non-hydrogen) atoms. The summed E-state index contributed by atoms with van der Waals surface area (Å²) in [6.07, 6.45) is 4.13. The number of nitrogens with zero attached hydrogens (tertiary/aromatic N) is 2. The normalized spacial score (nSPS) is 17.1. The number of benzene rings is 2. The predicted octanol–water partition coefficient (Wildman–Crippen LogP) is 3.96. The second-order valence-electron chi connectivity index (χ2n) is 8.69. The summed E-state index contributed by atoms with van der Waals surface area (Å²) >= 11 is 5.98. The van der Waals surface area contributed by atoms with E-state index in [-0.39, 0.29) is 18.0 Å². The largest absolute Gasteiger partial charge is 0.371 e. The Hall–Kier alpha value is -2.77. The van der Waals surface area contributed by atoms with Crippen molar-refractivity contribution in [3.63, 3.8) is 0 Å². The summed E-state index contributed by atoms with van der Waals surface area (Å²) in [5.41, 5.74) is 2.34. The number of carbonyl (C=O) groups excluding carboxylic acids is 2. The number of hydrogen-bond donors (Lipinski definition) is 3. The molecule has 2 heterocycles. The number of para-hydroxylation sites is 1. The van der Waals surface area contributed by atoms with E-state index in [1.165, 1.54) is 12.8 Å². The van der Waals surface area contributed by atoms with E-state index in [4.69, 9.17) is 11.6 Å². The Balaban J connectivity index is 1.26. The lowest BCUT2D eigenvalue weighted by Crippen LogP contribution is -2.46. The number of amides is 3. The first-order valence-corrected chi connectivity index (χ1v) is 12.1. The highest BCUT2D eigenvalue weighted by molar-refractivity contribution is 6.30. The third-order valence-electron chi connectivity index (χ3n) is 6.31. The highest BCUT2D eigenvalue weighted by Crippen LogP contribution is 2.24. The number of likely N-dealkylation sites (tertiary alicyclic amines) is 1. The zero-order valence-electron chi connectivity index (χ0n) is 18.9. The zero-order valence-corrected chi connectivity index (χ0v) is 19.6. The first kappa shape index (κ1) is 23.4. The van der Waals surface area contributed by atoms with Crippen molar-refractivity contribution in [3.05, 3.63) is 59.1 Å². The maximum absolute atomic E-state index is 12.9. The Bertz CT molecular complexity index is 955. The number of piperidine rings is 1. The molecule has 0 atom stereocenters. The molecule has 2 aliphatic heterocycles. The van der Waals surface area contributed by atoms with E-state index in [9.17, 15) is 9.59 Å². The van der Waals surface area contributed by atoms with Crippen molar-refractivity contribution in [2.45, 2.75) is 31.7 Å². The van der Waals surface area contributed by atoms with Gasteiger partial charge >= 0.3 is 6.03 Å². The van der Waals surface area contributed by atoms with Gasteiger partial charge in [0.05, 0.1) is 5.56 Å². The topological polar surface area (TPSA) is 76.7 Å². The molecule has 3 N–H and O–H groups in total. The van der Waals surface area contributed by atoms with Crippen LogP contribution in [0.3, 0.4) is 0 Å². The molecular formula is C25H32ClN5O2. The van der Waals surface area contributed by atoms with Gasteiger partial charge in [-0.05, 0) is 69.1 Å². The van der Waals surface area contributed by atoms with Gasteiger partial charge in [0.2, 0.25) is 0 Å². The molecule has 0 saturated carbocycles. The van der Waals surface area contributed by atoms with Crippen LogP contribution in [-0.4, -0.2) is 62.1 Å². The first-order chi connectivity index (χ1) is 16.1. The van der Waals surface area contributed by atoms with Crippen molar-refractivity contribution in [1.82, 2.24) is 15.5 Å². The summed E-state index contributed by atoms with van der Waals surface area (Å²) in [5, 5.41) is 9.55. The maximum Gasteiger partial charge on any atom is 0.319 e. The molecule has 4 rings (SSSR count). The van der Waals surface area contributed by atoms with Crippen molar-refractivity contribution >= 4 is 34.9 Å². The molecule has 2 aliphatic rings. The summed E-state index contributed by atoms with van der Waals surface area (Å²) in [5.74, 6) is -0.0223. The Morgan fingerprint density at radius 2 is 1.73 bits per heavy atom. The van der Waals surface area contributed by atoms with Crippen LogP contribution in [0.4, 0.5) is 16.2 Å². The van der Waals surface area contributed by atoms with Crippen LogP contribution < -0.4 is 20.9 Å². The first-order valence-electron chi connectivity index (χ1n) is 11.8. The fraction of sp³-hybridized carbons (Fsp3) is 0.440. The predicted molar refractivity (Wildman–Crippen MR) is 133 cm³/mol. The molecule has 2 aromatic carbocycles. The van der Waals surface area contributed by atoms with Crippen LogP contribution in [0.2, 0.25) is 5.02 Å². The Morgan fingerprint density at radius 3 is 2.48 bits per heavy atom. The van der Waals surface area contributed by atoms with E-state index in [2.05, 4.69) is 25.8 Å². The van der Waals surface area contributed by atoms with Gasteiger partial charge in [0.1, 0.15) is 0 Å². The lowest BCUT2D eigenvalue weighted by Gasteiger charge is -2.34. The van der Waals surface area contributed by atoms with Crippen LogP contribution in [0.15, 0.2) is 48.5 Å². The Morgan fingerprint density at radius 1 is 0.970 bits per heavy atom. The average Bonchev–Trinajstić information content (AvgIpc) is 3.33. The standard InChI is InChI=1S/C25H32ClN5O2/c26-19-6-5-7-21(18-19)29-25(33)28-20-10-15-31(16-11-20)23-9-2-1-8-22(23)24(32)27-12-17-30-13-3-4-14-30/h1-2,5-9,18,20H,3-4,10-17H2,(H,27,32)(H2,28,29,33). The molecule has 0 aliphatic carbocycles. The second-order valence-corrected chi connectivity index (χ2v) is 9.13. The highest BCUT2D eigenvalue weighted by atomic mass is 35.5. The monoisotopic (exact) mass is 469 g/mol. The van der Waals surface area contributed by atoms with Gasteiger partial charge in [0.25, 0.3) is 5.91 Å². The molecular weight excluding hydrogens is 438 g/mol. The molecule has 8 heteroatoms. The van der Waals surface area contributed by atoms with Crippen LogP contribution in [0.25, 0.3) is 0 Å². The lowest BCUT2D eigenvalue weighted by molar-refractivity contribution is 0.0950. The number of nitrogens with one attached hydrogen (secondary N) is 3. The van der Waals surface area contributed by atoms with E-state index in [1.54, 1.807) is 24.3 Å². The third-order valence-corrected chi connectivity index (χ3v) is 6.55. The molecule has 0 aromatic heterocycles. The summed E-state index contributed by atoms with van der Waals surface area (Å²) in [4.78, 5) is 29.8. The van der Waals surface area contributed by atoms with Crippen molar-refractivity contribution in [2.24, 2.45) is 0 Å². The van der Waals surface area contributed by atoms with E-state index < -0.39 is 0 Å². The summed E-state index contributed by atoms with van der Waals surface area (Å²) in [7, 11) is 0. The van der Waals surface area contributed by atoms with Crippen molar-refractivity contribution in [2.75, 3.05) is 49.5 Å². The van der Waals surface area contributed by atoms with Crippen molar-refractivity contribution in [3.8, 4) is 0 Å². The van der Waals surface area contributed by atoms with Gasteiger partial charge in [-0.15, -0.1) is 0 Å². The third kappa shape index (κ3) is 6.62. The molecule has 176 valence electrons. The van der Waals surface area contributed by atoms with Crippen molar-refractivity contribution < 1.29 is 9.59 Å². The van der Waals surface area contributed by atoms with E-state index in [1.807, 2.05) is 24.3 Å². The lowest BCUT2D eigenvalue weighted by atomic mass is 10.0. The maximum atomic E-state index is 12.9. The van der Waals surface area contributed by atoms with Gasteiger partial charge in [-0.25, -0.2) is 4.79 Å². The van der Waals surface area contributed by atoms with Crippen molar-refractivity contribution in [1.29, 1.82) is 0 Å². The number of carbonyl (C=O) groups is 2. The molecule has 0 spiro atoms. The van der Waals surface area contributed by atoms with Gasteiger partial charge in [-0.3, -0.25) is 4.79 Å². The fourth-order valence-corrected chi connectivity index (χ4v) is 4.74. The summed E-state index contributed by atoms with van der Waals surface area (Å²) < 4.78 is 0. The zero-order chi connectivity index (χ0) is 23.0. The minimum Gasteiger partial charge on any atom is -0.371 e. The minimum absolute atomic E-state index is 0.0223. The van der Waals surface area contributed by atoms with E-state index in [0.717, 1.165) is 51.3 Å². The molecule has 7 nitrogen and oxygen atoms in total. The molecule has 2 aromatic rings. The van der Waals surface area contributed by atoms with Crippen LogP contribution in [0, 0.1) is 0 Å². The van der Waals surface area contributed by atoms with Crippen LogP contribution >= 0.6 is 11.6 Å². The van der Waals surface area contributed by atoms with E-state index in [0.29, 0.717) is 22.8 Å². The Labute approximate surface area is 200 Å². The van der Waals surface area contributed by atoms with Crippen LogP contribution in [-0.2, 0) is 0 Å². The summed E-state index contributed by atoms with van der Waals surface area (Å²) in [6.45, 7) is 5.39. The van der Waals surface area contributed by atoms with Gasteiger partial charge in [0.15, 0.2) is 0 Å². The number of halogens is 1. The second kappa shape index (κ2) is 11.4. The van der Waals surface area contributed by atoms with Gasteiger partial charge in [-0.1, -0.05) is 29.8 Å². The highest BCUT2D eigenvalue weighted by Gasteiger charge is 2.24. The van der Waals surface area contributed by atoms with E-state index >= 15 is 0 Å². The molecule has 0 unspecified atom stereocenters. The van der Waals surface area contributed by atoms with Crippen LogP contribution in [0.5, 0.6) is 0 Å². The molecule has 0 bridgehead atoms. The van der Waals surface area contributed by atoms with Gasteiger partial charge < -0.3 is 25.8 Å². The molecule has 2 saturated heterocycles. The quantitative estimate of drug-likeness (QED) is 0.573. The molecule has 0 radical (unpaired) electrons. The smallest absolute Gasteiger partial charge is 0.319 e.